The Bertz CT molecular complexity index is 1220. The zero-order chi connectivity index (χ0) is 23.5. The molecule has 2 aromatic rings. The van der Waals surface area contributed by atoms with Crippen LogP contribution in [0.2, 0.25) is 0 Å². The summed E-state index contributed by atoms with van der Waals surface area (Å²) in [5, 5.41) is 9.59. The van der Waals surface area contributed by atoms with Crippen molar-refractivity contribution in [3.63, 3.8) is 0 Å². The number of benzene rings is 1. The number of carbonyl (C=O) groups excluding carboxylic acids is 1. The van der Waals surface area contributed by atoms with Crippen molar-refractivity contribution in [2.75, 3.05) is 24.5 Å². The fourth-order valence-corrected chi connectivity index (χ4v) is 5.72. The first-order chi connectivity index (χ1) is 15.9. The van der Waals surface area contributed by atoms with Crippen molar-refractivity contribution in [3.8, 4) is 6.07 Å². The first-order valence-corrected chi connectivity index (χ1v) is 12.3. The molecule has 2 saturated heterocycles. The Morgan fingerprint density at radius 3 is 2.55 bits per heavy atom. The second kappa shape index (κ2) is 9.94. The van der Waals surface area contributed by atoms with E-state index in [0.29, 0.717) is 21.3 Å². The molecule has 1 aromatic carbocycles. The highest BCUT2D eigenvalue weighted by Gasteiger charge is 2.33. The topological polar surface area (TPSA) is 69.3 Å². The monoisotopic (exact) mass is 478 g/mol. The number of aromatic nitrogens is 1. The van der Waals surface area contributed by atoms with Gasteiger partial charge in [0.15, 0.2) is 0 Å². The Morgan fingerprint density at radius 2 is 1.88 bits per heavy atom. The number of hydrogen-bond acceptors (Lipinski definition) is 6. The van der Waals surface area contributed by atoms with E-state index < -0.39 is 0 Å². The van der Waals surface area contributed by atoms with Gasteiger partial charge in [-0.05, 0) is 49.8 Å². The van der Waals surface area contributed by atoms with Gasteiger partial charge in [-0.15, -0.1) is 0 Å². The van der Waals surface area contributed by atoms with Crippen LogP contribution in [0.1, 0.15) is 41.5 Å². The zero-order valence-electron chi connectivity index (χ0n) is 18.8. The van der Waals surface area contributed by atoms with Gasteiger partial charge in [-0.2, -0.15) is 5.26 Å². The van der Waals surface area contributed by atoms with E-state index in [4.69, 9.17) is 12.2 Å². The molecule has 170 valence electrons. The number of thiocarbonyl (C=S) groups is 1. The fourth-order valence-electron chi connectivity index (χ4n) is 4.43. The Morgan fingerprint density at radius 1 is 1.18 bits per heavy atom. The van der Waals surface area contributed by atoms with Crippen molar-refractivity contribution >= 4 is 46.1 Å². The summed E-state index contributed by atoms with van der Waals surface area (Å²) in [6.07, 6.45) is 5.62. The van der Waals surface area contributed by atoms with Crippen LogP contribution in [-0.2, 0) is 18.3 Å². The van der Waals surface area contributed by atoms with E-state index in [9.17, 15) is 14.9 Å². The lowest BCUT2D eigenvalue weighted by Crippen LogP contribution is -2.31. The molecular weight excluding hydrogens is 452 g/mol. The first kappa shape index (κ1) is 23.3. The summed E-state index contributed by atoms with van der Waals surface area (Å²) in [6, 6.07) is 12.2. The van der Waals surface area contributed by atoms with Gasteiger partial charge in [0.25, 0.3) is 11.5 Å². The third-order valence-electron chi connectivity index (χ3n) is 6.21. The fraction of sp³-hybridized carbons (Fsp3) is 0.360. The van der Waals surface area contributed by atoms with E-state index in [1.165, 1.54) is 17.3 Å². The van der Waals surface area contributed by atoms with Crippen LogP contribution in [0.3, 0.4) is 0 Å². The van der Waals surface area contributed by atoms with E-state index in [1.807, 2.05) is 24.3 Å². The number of carbonyl (C=O) groups is 1. The summed E-state index contributed by atoms with van der Waals surface area (Å²) in [5.74, 6) is 0.653. The van der Waals surface area contributed by atoms with Crippen molar-refractivity contribution in [1.82, 2.24) is 9.47 Å². The average molecular weight is 479 g/mol. The summed E-state index contributed by atoms with van der Waals surface area (Å²) in [7, 11) is 1.70. The second-order valence-electron chi connectivity index (χ2n) is 8.33. The van der Waals surface area contributed by atoms with E-state index in [1.54, 1.807) is 23.4 Å². The van der Waals surface area contributed by atoms with Crippen molar-refractivity contribution in [1.29, 1.82) is 5.26 Å². The van der Waals surface area contributed by atoms with Gasteiger partial charge in [-0.25, -0.2) is 0 Å². The number of pyridine rings is 1. The van der Waals surface area contributed by atoms with Crippen LogP contribution < -0.4 is 10.5 Å². The van der Waals surface area contributed by atoms with Crippen LogP contribution in [0.25, 0.3) is 6.08 Å². The number of hydrogen-bond donors (Lipinski definition) is 0. The predicted octanol–water partition coefficient (Wildman–Crippen LogP) is 4.00. The average Bonchev–Trinajstić information content (AvgIpc) is 3.43. The summed E-state index contributed by atoms with van der Waals surface area (Å²) in [5.41, 5.74) is 2.41. The maximum atomic E-state index is 13.2. The standard InChI is InChI=1S/C25H26N4O2S2/c1-17-19(22(28-12-6-7-13-28)27(2)23(30)20(17)16-26)15-21-24(31)29(25(32)33-21)14-8-11-18-9-4-3-5-10-18/h3-5,9-10,15H,6-8,11-14H2,1-2H3/b21-15-. The highest BCUT2D eigenvalue weighted by atomic mass is 32.2. The van der Waals surface area contributed by atoms with Crippen LogP contribution >= 0.6 is 24.0 Å². The summed E-state index contributed by atoms with van der Waals surface area (Å²) >= 11 is 6.80. The van der Waals surface area contributed by atoms with E-state index in [-0.39, 0.29) is 17.0 Å². The molecule has 4 rings (SSSR count). The van der Waals surface area contributed by atoms with Gasteiger partial charge in [0.05, 0.1) is 4.91 Å². The van der Waals surface area contributed by atoms with E-state index in [2.05, 4.69) is 23.1 Å². The van der Waals surface area contributed by atoms with Crippen molar-refractivity contribution < 1.29 is 4.79 Å². The van der Waals surface area contributed by atoms with E-state index >= 15 is 0 Å². The summed E-state index contributed by atoms with van der Waals surface area (Å²) in [4.78, 5) is 30.4. The van der Waals surface area contributed by atoms with Crippen molar-refractivity contribution in [2.45, 2.75) is 32.6 Å². The minimum atomic E-state index is -0.303. The molecule has 0 atom stereocenters. The largest absolute Gasteiger partial charge is 0.357 e. The van der Waals surface area contributed by atoms with Gasteiger partial charge in [-0.1, -0.05) is 54.3 Å². The number of aryl methyl sites for hydroxylation is 1. The molecule has 0 N–H and O–H groups in total. The molecule has 33 heavy (non-hydrogen) atoms. The highest BCUT2D eigenvalue weighted by molar-refractivity contribution is 8.26. The molecule has 0 saturated carbocycles. The molecule has 1 amide bonds. The number of nitriles is 1. The lowest BCUT2D eigenvalue weighted by atomic mass is 10.0. The molecule has 2 fully saturated rings. The lowest BCUT2D eigenvalue weighted by molar-refractivity contribution is -0.122. The molecule has 0 radical (unpaired) electrons. The Kier molecular flexibility index (Phi) is 7.01. The zero-order valence-corrected chi connectivity index (χ0v) is 20.5. The number of amides is 1. The minimum absolute atomic E-state index is 0.114. The van der Waals surface area contributed by atoms with Crippen LogP contribution in [0.4, 0.5) is 5.82 Å². The van der Waals surface area contributed by atoms with Crippen LogP contribution in [0, 0.1) is 18.3 Å². The number of thioether (sulfide) groups is 1. The Balaban J connectivity index is 1.64. The smallest absolute Gasteiger partial charge is 0.270 e. The van der Waals surface area contributed by atoms with Gasteiger partial charge in [0.2, 0.25) is 0 Å². The molecule has 2 aliphatic heterocycles. The molecule has 0 aliphatic carbocycles. The minimum Gasteiger partial charge on any atom is -0.357 e. The molecule has 6 nitrogen and oxygen atoms in total. The van der Waals surface area contributed by atoms with Gasteiger partial charge in [-0.3, -0.25) is 19.1 Å². The Labute approximate surface area is 203 Å². The van der Waals surface area contributed by atoms with Crippen LogP contribution in [0.15, 0.2) is 40.0 Å². The predicted molar refractivity (Wildman–Crippen MR) is 137 cm³/mol. The number of rotatable bonds is 6. The normalized spacial score (nSPS) is 17.3. The van der Waals surface area contributed by atoms with Crippen molar-refractivity contribution in [3.05, 3.63) is 67.8 Å². The van der Waals surface area contributed by atoms with Gasteiger partial charge in [0, 0.05) is 32.2 Å². The molecule has 3 heterocycles. The molecule has 1 aromatic heterocycles. The maximum Gasteiger partial charge on any atom is 0.270 e. The van der Waals surface area contributed by atoms with Crippen LogP contribution in [0.5, 0.6) is 0 Å². The van der Waals surface area contributed by atoms with Gasteiger partial charge in [0.1, 0.15) is 21.8 Å². The van der Waals surface area contributed by atoms with Crippen LogP contribution in [-0.4, -0.2) is 39.3 Å². The maximum absolute atomic E-state index is 13.2. The molecule has 0 unspecified atom stereocenters. The Hall–Kier alpha value is -2.89. The molecule has 2 aliphatic rings. The molecule has 0 bridgehead atoms. The number of nitrogens with zero attached hydrogens (tertiary/aromatic N) is 4. The molecular formula is C25H26N4O2S2. The lowest BCUT2D eigenvalue weighted by Gasteiger charge is -2.25. The molecule has 8 heteroatoms. The highest BCUT2D eigenvalue weighted by Crippen LogP contribution is 2.36. The third-order valence-corrected chi connectivity index (χ3v) is 7.59. The molecule has 0 spiro atoms. The van der Waals surface area contributed by atoms with Crippen molar-refractivity contribution in [2.24, 2.45) is 7.05 Å². The summed E-state index contributed by atoms with van der Waals surface area (Å²) in [6.45, 7) is 4.04. The summed E-state index contributed by atoms with van der Waals surface area (Å²) < 4.78 is 2.09. The van der Waals surface area contributed by atoms with E-state index in [0.717, 1.165) is 50.2 Å². The second-order valence-corrected chi connectivity index (χ2v) is 10.0. The quantitative estimate of drug-likeness (QED) is 0.462. The van der Waals surface area contributed by atoms with Gasteiger partial charge < -0.3 is 4.90 Å². The first-order valence-electron chi connectivity index (χ1n) is 11.1. The SMILES string of the molecule is Cc1c(/C=C2\SC(=S)N(CCCc3ccccc3)C2=O)c(N2CCCC2)n(C)c(=O)c1C#N. The third kappa shape index (κ3) is 4.61. The van der Waals surface area contributed by atoms with Gasteiger partial charge >= 0.3 is 0 Å². The number of anilines is 1.